The van der Waals surface area contributed by atoms with Crippen LogP contribution in [0.15, 0.2) is 42.5 Å². The van der Waals surface area contributed by atoms with Gasteiger partial charge in [0.2, 0.25) is 0 Å². The lowest BCUT2D eigenvalue weighted by molar-refractivity contribution is 0.103. The van der Waals surface area contributed by atoms with Gasteiger partial charge in [0.25, 0.3) is 0 Å². The van der Waals surface area contributed by atoms with Crippen molar-refractivity contribution in [2.45, 2.75) is 43.8 Å². The molecule has 0 N–H and O–H groups in total. The number of para-hydroxylation sites is 1. The molecule has 0 saturated carbocycles. The van der Waals surface area contributed by atoms with Gasteiger partial charge in [-0.1, -0.05) is 35.9 Å². The van der Waals surface area contributed by atoms with E-state index in [1.165, 1.54) is 0 Å². The molecule has 0 aliphatic carbocycles. The first-order valence-corrected chi connectivity index (χ1v) is 12.6. The van der Waals surface area contributed by atoms with E-state index in [9.17, 15) is 8.42 Å². The van der Waals surface area contributed by atoms with Crippen molar-refractivity contribution in [1.82, 2.24) is 14.8 Å². The van der Waals surface area contributed by atoms with Crippen LogP contribution in [0.25, 0.3) is 5.69 Å². The number of benzene rings is 2. The van der Waals surface area contributed by atoms with E-state index in [1.807, 2.05) is 25.1 Å². The van der Waals surface area contributed by atoms with Crippen LogP contribution in [0.2, 0.25) is 5.02 Å². The smallest absolute Gasteiger partial charge is 0.167 e. The van der Waals surface area contributed by atoms with E-state index < -0.39 is 15.1 Å². The highest BCUT2D eigenvalue weighted by Crippen LogP contribution is 2.35. The monoisotopic (exact) mass is 475 g/mol. The molecule has 3 aromatic rings. The van der Waals surface area contributed by atoms with Gasteiger partial charge in [-0.25, -0.2) is 8.42 Å². The van der Waals surface area contributed by atoms with Gasteiger partial charge in [0.15, 0.2) is 21.5 Å². The molecule has 2 heterocycles. The molecule has 32 heavy (non-hydrogen) atoms. The van der Waals surface area contributed by atoms with Crippen molar-refractivity contribution in [3.8, 4) is 11.4 Å². The molecule has 9 heteroatoms. The summed E-state index contributed by atoms with van der Waals surface area (Å²) in [4.78, 5) is 0. The molecule has 0 unspecified atom stereocenters. The Morgan fingerprint density at radius 1 is 1.25 bits per heavy atom. The van der Waals surface area contributed by atoms with E-state index in [-0.39, 0.29) is 11.9 Å². The first kappa shape index (κ1) is 22.8. The fraction of sp³-hybridized carbons (Fsp3) is 0.391. The van der Waals surface area contributed by atoms with Crippen molar-refractivity contribution in [2.24, 2.45) is 0 Å². The van der Waals surface area contributed by atoms with E-state index in [4.69, 9.17) is 21.1 Å². The number of rotatable bonds is 7. The third-order valence-electron chi connectivity index (χ3n) is 5.80. The fourth-order valence-corrected chi connectivity index (χ4v) is 5.57. The standard InChI is InChI=1S/C23H26ClN3O4S/c1-15-7-4-10-19(30-3)22(15)27-21(25-26-23(27)20-11-6-12-31-20)14-32(28,29)16(2)17-8-5-9-18(24)13-17/h4-5,7-10,13,16,20H,6,11-12,14H2,1-3H3/t16-,20+/m0/s1. The van der Waals surface area contributed by atoms with Gasteiger partial charge in [0.1, 0.15) is 17.6 Å². The summed E-state index contributed by atoms with van der Waals surface area (Å²) < 4.78 is 40.0. The number of sulfone groups is 1. The molecule has 2 aromatic carbocycles. The molecule has 170 valence electrons. The van der Waals surface area contributed by atoms with Crippen LogP contribution < -0.4 is 4.74 Å². The molecule has 0 radical (unpaired) electrons. The summed E-state index contributed by atoms with van der Waals surface area (Å²) in [6, 6.07) is 12.6. The van der Waals surface area contributed by atoms with Crippen LogP contribution in [0, 0.1) is 6.92 Å². The van der Waals surface area contributed by atoms with Crippen molar-refractivity contribution in [1.29, 1.82) is 0 Å². The quantitative estimate of drug-likeness (QED) is 0.489. The third kappa shape index (κ3) is 4.40. The highest BCUT2D eigenvalue weighted by Gasteiger charge is 2.32. The summed E-state index contributed by atoms with van der Waals surface area (Å²) in [5.41, 5.74) is 2.28. The zero-order valence-electron chi connectivity index (χ0n) is 18.3. The first-order chi connectivity index (χ1) is 15.3. The van der Waals surface area contributed by atoms with E-state index in [1.54, 1.807) is 42.9 Å². The topological polar surface area (TPSA) is 83.3 Å². The second-order valence-corrected chi connectivity index (χ2v) is 10.7. The van der Waals surface area contributed by atoms with Gasteiger partial charge in [-0.15, -0.1) is 10.2 Å². The molecule has 0 spiro atoms. The Morgan fingerprint density at radius 2 is 2.03 bits per heavy atom. The van der Waals surface area contributed by atoms with Gasteiger partial charge in [-0.05, 0) is 56.0 Å². The van der Waals surface area contributed by atoms with Crippen LogP contribution in [-0.2, 0) is 20.3 Å². The Morgan fingerprint density at radius 3 is 2.72 bits per heavy atom. The molecule has 4 rings (SSSR count). The first-order valence-electron chi connectivity index (χ1n) is 10.5. The molecule has 0 amide bonds. The number of aryl methyl sites for hydroxylation is 1. The van der Waals surface area contributed by atoms with Crippen LogP contribution in [-0.4, -0.2) is 36.9 Å². The normalized spacial score (nSPS) is 17.4. The van der Waals surface area contributed by atoms with Crippen LogP contribution in [0.1, 0.15) is 53.9 Å². The van der Waals surface area contributed by atoms with Crippen molar-refractivity contribution in [3.05, 3.63) is 70.3 Å². The van der Waals surface area contributed by atoms with Crippen molar-refractivity contribution >= 4 is 21.4 Å². The largest absolute Gasteiger partial charge is 0.495 e. The average molecular weight is 476 g/mol. The lowest BCUT2D eigenvalue weighted by Crippen LogP contribution is -2.18. The van der Waals surface area contributed by atoms with Gasteiger partial charge in [-0.3, -0.25) is 4.57 Å². The Hall–Kier alpha value is -2.42. The van der Waals surface area contributed by atoms with Gasteiger partial charge in [0, 0.05) is 11.6 Å². The maximum Gasteiger partial charge on any atom is 0.167 e. The molecule has 7 nitrogen and oxygen atoms in total. The summed E-state index contributed by atoms with van der Waals surface area (Å²) in [7, 11) is -2.03. The predicted octanol–water partition coefficient (Wildman–Crippen LogP) is 4.77. The maximum absolute atomic E-state index is 13.4. The van der Waals surface area contributed by atoms with Gasteiger partial charge < -0.3 is 9.47 Å². The molecule has 0 bridgehead atoms. The number of methoxy groups -OCH3 is 1. The molecule has 1 aliphatic rings. The molecular formula is C23H26ClN3O4S. The molecule has 2 atom stereocenters. The van der Waals surface area contributed by atoms with E-state index >= 15 is 0 Å². The van der Waals surface area contributed by atoms with Crippen molar-refractivity contribution in [2.75, 3.05) is 13.7 Å². The molecule has 1 saturated heterocycles. The van der Waals surface area contributed by atoms with Crippen LogP contribution >= 0.6 is 11.6 Å². The van der Waals surface area contributed by atoms with Crippen LogP contribution in [0.3, 0.4) is 0 Å². The molecule has 1 aliphatic heterocycles. The summed E-state index contributed by atoms with van der Waals surface area (Å²) in [5, 5.41) is 8.42. The maximum atomic E-state index is 13.4. The molecule has 1 fully saturated rings. The SMILES string of the molecule is COc1cccc(C)c1-n1c(CS(=O)(=O)[C@@H](C)c2cccc(Cl)c2)nnc1[C@H]1CCCO1. The predicted molar refractivity (Wildman–Crippen MR) is 123 cm³/mol. The van der Waals surface area contributed by atoms with Gasteiger partial charge >= 0.3 is 0 Å². The zero-order valence-corrected chi connectivity index (χ0v) is 19.9. The Balaban J connectivity index is 1.80. The average Bonchev–Trinajstić information content (AvgIpc) is 3.43. The number of aromatic nitrogens is 3. The Labute approximate surface area is 193 Å². The van der Waals surface area contributed by atoms with Crippen molar-refractivity contribution < 1.29 is 17.9 Å². The van der Waals surface area contributed by atoms with Crippen molar-refractivity contribution in [3.63, 3.8) is 0 Å². The minimum absolute atomic E-state index is 0.242. The van der Waals surface area contributed by atoms with E-state index in [0.29, 0.717) is 34.6 Å². The van der Waals surface area contributed by atoms with Gasteiger partial charge in [-0.2, -0.15) is 0 Å². The third-order valence-corrected chi connectivity index (χ3v) is 8.05. The van der Waals surface area contributed by atoms with E-state index in [2.05, 4.69) is 10.2 Å². The molecule has 1 aromatic heterocycles. The fourth-order valence-electron chi connectivity index (χ4n) is 4.01. The lowest BCUT2D eigenvalue weighted by atomic mass is 10.1. The number of nitrogens with zero attached hydrogens (tertiary/aromatic N) is 3. The number of hydrogen-bond acceptors (Lipinski definition) is 6. The summed E-state index contributed by atoms with van der Waals surface area (Å²) in [5.74, 6) is 1.26. The second kappa shape index (κ2) is 9.21. The lowest BCUT2D eigenvalue weighted by Gasteiger charge is -2.19. The Bertz CT molecular complexity index is 1220. The van der Waals surface area contributed by atoms with E-state index in [0.717, 1.165) is 24.1 Å². The zero-order chi connectivity index (χ0) is 22.9. The highest BCUT2D eigenvalue weighted by molar-refractivity contribution is 7.90. The second-order valence-electron chi connectivity index (χ2n) is 7.94. The van der Waals surface area contributed by atoms with Crippen LogP contribution in [0.5, 0.6) is 5.75 Å². The summed E-state index contributed by atoms with van der Waals surface area (Å²) in [6.07, 6.45) is 1.48. The summed E-state index contributed by atoms with van der Waals surface area (Å²) >= 11 is 6.08. The van der Waals surface area contributed by atoms with Crippen LogP contribution in [0.4, 0.5) is 0 Å². The highest BCUT2D eigenvalue weighted by atomic mass is 35.5. The number of ether oxygens (including phenoxy) is 2. The minimum Gasteiger partial charge on any atom is -0.495 e. The number of halogens is 1. The minimum atomic E-state index is -3.62. The Kier molecular flexibility index (Phi) is 6.55. The summed E-state index contributed by atoms with van der Waals surface area (Å²) in [6.45, 7) is 4.25. The van der Waals surface area contributed by atoms with Gasteiger partial charge in [0.05, 0.1) is 18.0 Å². The number of hydrogen-bond donors (Lipinski definition) is 0. The molecular weight excluding hydrogens is 450 g/mol.